The molecular formula is C20H27N3O5. The van der Waals surface area contributed by atoms with Crippen molar-refractivity contribution in [1.82, 2.24) is 15.1 Å². The highest BCUT2D eigenvalue weighted by atomic mass is 16.5. The maximum atomic E-state index is 12.9. The molecule has 0 aliphatic carbocycles. The van der Waals surface area contributed by atoms with Crippen molar-refractivity contribution in [3.05, 3.63) is 41.1 Å². The number of ether oxygens (including phenoxy) is 3. The van der Waals surface area contributed by atoms with E-state index < -0.39 is 12.0 Å². The zero-order valence-electron chi connectivity index (χ0n) is 16.6. The number of likely N-dealkylation sites (N-methyl/N-ethyl adjacent to an activating group) is 1. The van der Waals surface area contributed by atoms with Crippen LogP contribution < -0.4 is 10.1 Å². The molecule has 0 saturated carbocycles. The van der Waals surface area contributed by atoms with Gasteiger partial charge in [-0.3, -0.25) is 9.80 Å². The van der Waals surface area contributed by atoms with Gasteiger partial charge in [0.05, 0.1) is 38.5 Å². The van der Waals surface area contributed by atoms with E-state index in [9.17, 15) is 9.59 Å². The lowest BCUT2D eigenvalue weighted by atomic mass is 9.93. The molecule has 3 rings (SSSR count). The van der Waals surface area contributed by atoms with Gasteiger partial charge in [0.15, 0.2) is 0 Å². The number of carbonyl (C=O) groups is 2. The summed E-state index contributed by atoms with van der Waals surface area (Å²) in [5, 5.41) is 2.92. The van der Waals surface area contributed by atoms with Crippen molar-refractivity contribution >= 4 is 12.0 Å². The molecule has 0 radical (unpaired) electrons. The largest absolute Gasteiger partial charge is 0.496 e. The fourth-order valence-electron chi connectivity index (χ4n) is 3.51. The van der Waals surface area contributed by atoms with Crippen molar-refractivity contribution in [2.75, 3.05) is 53.6 Å². The van der Waals surface area contributed by atoms with Gasteiger partial charge in [0, 0.05) is 37.9 Å². The van der Waals surface area contributed by atoms with E-state index in [-0.39, 0.29) is 12.6 Å². The molecule has 1 atom stereocenters. The minimum Gasteiger partial charge on any atom is -0.496 e. The van der Waals surface area contributed by atoms with Gasteiger partial charge in [0.1, 0.15) is 5.75 Å². The maximum Gasteiger partial charge on any atom is 0.338 e. The first-order valence-corrected chi connectivity index (χ1v) is 9.44. The molecule has 0 spiro atoms. The number of methoxy groups -OCH3 is 1. The second-order valence-electron chi connectivity index (χ2n) is 6.65. The predicted octanol–water partition coefficient (Wildman–Crippen LogP) is 1.54. The van der Waals surface area contributed by atoms with Crippen LogP contribution in [0.2, 0.25) is 0 Å². The Morgan fingerprint density at radius 2 is 2.00 bits per heavy atom. The molecule has 1 fully saturated rings. The lowest BCUT2D eigenvalue weighted by Gasteiger charge is -2.37. The molecule has 2 aliphatic heterocycles. The van der Waals surface area contributed by atoms with E-state index >= 15 is 0 Å². The van der Waals surface area contributed by atoms with Crippen LogP contribution in [0.3, 0.4) is 0 Å². The van der Waals surface area contributed by atoms with Crippen LogP contribution in [0.25, 0.3) is 0 Å². The summed E-state index contributed by atoms with van der Waals surface area (Å²) < 4.78 is 16.2. The Bertz CT molecular complexity index is 758. The first-order chi connectivity index (χ1) is 13.6. The molecule has 0 bridgehead atoms. The van der Waals surface area contributed by atoms with E-state index in [1.165, 1.54) is 4.90 Å². The number of nitrogens with one attached hydrogen (secondary N) is 1. The van der Waals surface area contributed by atoms with Crippen molar-refractivity contribution in [2.45, 2.75) is 13.0 Å². The Labute approximate surface area is 165 Å². The van der Waals surface area contributed by atoms with Crippen LogP contribution in [0.15, 0.2) is 35.5 Å². The molecule has 8 heteroatoms. The van der Waals surface area contributed by atoms with Gasteiger partial charge in [-0.05, 0) is 13.0 Å². The summed E-state index contributed by atoms with van der Waals surface area (Å²) in [5.74, 6) is 0.165. The molecular weight excluding hydrogens is 362 g/mol. The fraction of sp³-hybridized carbons (Fsp3) is 0.500. The normalized spacial score (nSPS) is 20.8. The van der Waals surface area contributed by atoms with Crippen LogP contribution >= 0.6 is 0 Å². The van der Waals surface area contributed by atoms with E-state index in [2.05, 4.69) is 10.2 Å². The average molecular weight is 389 g/mol. The number of hydrogen-bond acceptors (Lipinski definition) is 6. The van der Waals surface area contributed by atoms with Gasteiger partial charge in [-0.1, -0.05) is 18.2 Å². The summed E-state index contributed by atoms with van der Waals surface area (Å²) in [4.78, 5) is 29.3. The van der Waals surface area contributed by atoms with E-state index in [1.54, 1.807) is 21.1 Å². The number of rotatable bonds is 6. The Hall–Kier alpha value is -2.58. The molecule has 0 unspecified atom stereocenters. The molecule has 1 N–H and O–H groups in total. The molecule has 1 aromatic rings. The summed E-state index contributed by atoms with van der Waals surface area (Å²) in [6.07, 6.45) is 0. The average Bonchev–Trinajstić information content (AvgIpc) is 2.72. The topological polar surface area (TPSA) is 80.3 Å². The van der Waals surface area contributed by atoms with Crippen LogP contribution in [0, 0.1) is 0 Å². The van der Waals surface area contributed by atoms with Gasteiger partial charge in [0.2, 0.25) is 0 Å². The number of amides is 2. The minimum atomic E-state index is -0.644. The van der Waals surface area contributed by atoms with Gasteiger partial charge in [0.25, 0.3) is 0 Å². The lowest BCUT2D eigenvalue weighted by Crippen LogP contribution is -2.50. The smallest absolute Gasteiger partial charge is 0.338 e. The Kier molecular flexibility index (Phi) is 6.53. The third-order valence-electron chi connectivity index (χ3n) is 5.00. The van der Waals surface area contributed by atoms with Crippen molar-refractivity contribution in [3.63, 3.8) is 0 Å². The monoisotopic (exact) mass is 389 g/mol. The van der Waals surface area contributed by atoms with Crippen LogP contribution in [-0.4, -0.2) is 75.4 Å². The molecule has 152 valence electrons. The van der Waals surface area contributed by atoms with E-state index in [1.807, 2.05) is 24.3 Å². The zero-order chi connectivity index (χ0) is 20.1. The summed E-state index contributed by atoms with van der Waals surface area (Å²) in [5.41, 5.74) is 1.79. The fourth-order valence-corrected chi connectivity index (χ4v) is 3.51. The van der Waals surface area contributed by atoms with Crippen molar-refractivity contribution in [2.24, 2.45) is 0 Å². The third kappa shape index (κ3) is 4.13. The summed E-state index contributed by atoms with van der Waals surface area (Å²) in [6.45, 7) is 5.24. The molecule has 1 saturated heterocycles. The molecule has 1 aromatic carbocycles. The maximum absolute atomic E-state index is 12.9. The molecule has 28 heavy (non-hydrogen) atoms. The van der Waals surface area contributed by atoms with Crippen molar-refractivity contribution in [3.8, 4) is 5.75 Å². The van der Waals surface area contributed by atoms with Gasteiger partial charge >= 0.3 is 12.0 Å². The Morgan fingerprint density at radius 3 is 2.68 bits per heavy atom. The van der Waals surface area contributed by atoms with Crippen molar-refractivity contribution in [1.29, 1.82) is 0 Å². The Balaban J connectivity index is 2.08. The molecule has 2 heterocycles. The first kappa shape index (κ1) is 20.2. The number of urea groups is 1. The number of morpholine rings is 1. The minimum absolute atomic E-state index is 0.253. The zero-order valence-corrected chi connectivity index (χ0v) is 16.6. The van der Waals surface area contributed by atoms with Gasteiger partial charge < -0.3 is 19.5 Å². The summed E-state index contributed by atoms with van der Waals surface area (Å²) in [6, 6.07) is 6.45. The van der Waals surface area contributed by atoms with E-state index in [0.29, 0.717) is 42.3 Å². The number of hydrogen-bond donors (Lipinski definition) is 1. The van der Waals surface area contributed by atoms with Gasteiger partial charge in [-0.15, -0.1) is 0 Å². The molecule has 2 amide bonds. The molecule has 2 aliphatic rings. The predicted molar refractivity (Wildman–Crippen MR) is 103 cm³/mol. The lowest BCUT2D eigenvalue weighted by molar-refractivity contribution is -0.139. The van der Waals surface area contributed by atoms with Crippen LogP contribution in [0.4, 0.5) is 4.79 Å². The number of benzene rings is 1. The molecule has 8 nitrogen and oxygen atoms in total. The molecule has 0 aromatic heterocycles. The third-order valence-corrected chi connectivity index (χ3v) is 5.00. The van der Waals surface area contributed by atoms with E-state index in [4.69, 9.17) is 14.2 Å². The standard InChI is InChI=1S/C20H27N3O5/c1-4-28-19(24)17-15(13-23-9-11-27-12-10-23)22(2)20(25)21-18(17)14-7-5-6-8-16(14)26-3/h5-8,18H,4,9-13H2,1-3H3,(H,21,25)/t18-/m1/s1. The van der Waals surface area contributed by atoms with Gasteiger partial charge in [-0.2, -0.15) is 0 Å². The van der Waals surface area contributed by atoms with Crippen molar-refractivity contribution < 1.29 is 23.8 Å². The van der Waals surface area contributed by atoms with Crippen LogP contribution in [0.5, 0.6) is 5.75 Å². The summed E-state index contributed by atoms with van der Waals surface area (Å²) >= 11 is 0. The van der Waals surface area contributed by atoms with Crippen LogP contribution in [0.1, 0.15) is 18.5 Å². The Morgan fingerprint density at radius 1 is 1.29 bits per heavy atom. The number of carbonyl (C=O) groups excluding carboxylic acids is 2. The highest BCUT2D eigenvalue weighted by Gasteiger charge is 2.38. The number of esters is 1. The van der Waals surface area contributed by atoms with Crippen LogP contribution in [-0.2, 0) is 14.3 Å². The number of nitrogens with zero attached hydrogens (tertiary/aromatic N) is 2. The highest BCUT2D eigenvalue weighted by molar-refractivity contribution is 5.95. The highest BCUT2D eigenvalue weighted by Crippen LogP contribution is 2.35. The second kappa shape index (κ2) is 9.07. The SMILES string of the molecule is CCOC(=O)C1=C(CN2CCOCC2)N(C)C(=O)N[C@@H]1c1ccccc1OC. The number of para-hydroxylation sites is 1. The quantitative estimate of drug-likeness (QED) is 0.744. The first-order valence-electron chi connectivity index (χ1n) is 9.44. The van der Waals surface area contributed by atoms with Gasteiger partial charge in [-0.25, -0.2) is 9.59 Å². The van der Waals surface area contributed by atoms with E-state index in [0.717, 1.165) is 13.1 Å². The summed E-state index contributed by atoms with van der Waals surface area (Å²) in [7, 11) is 3.24. The second-order valence-corrected chi connectivity index (χ2v) is 6.65.